The number of carbonyl (C=O) groups is 4. The largest absolute Gasteiger partial charge is 0.493 e. The van der Waals surface area contributed by atoms with E-state index in [9.17, 15) is 19.2 Å². The van der Waals surface area contributed by atoms with Crippen LogP contribution in [0.15, 0.2) is 182 Å². The lowest BCUT2D eigenvalue weighted by Gasteiger charge is -2.22. The summed E-state index contributed by atoms with van der Waals surface area (Å²) < 4.78 is 44.9. The zero-order chi connectivity index (χ0) is 54.7. The maximum atomic E-state index is 13.9. The molecule has 8 aromatic carbocycles. The molecule has 2 aliphatic rings. The smallest absolute Gasteiger partial charge is 0.341 e. The van der Waals surface area contributed by atoms with Gasteiger partial charge in [0, 0.05) is 23.0 Å². The highest BCUT2D eigenvalue weighted by Crippen LogP contribution is 2.47. The van der Waals surface area contributed by atoms with Crippen molar-refractivity contribution in [3.8, 4) is 56.8 Å². The third-order valence-corrected chi connectivity index (χ3v) is 13.8. The number of aliphatic carboxylic acids is 2. The summed E-state index contributed by atoms with van der Waals surface area (Å²) in [5.41, 5.74) is 11.6. The molecule has 396 valence electrons. The van der Waals surface area contributed by atoms with Crippen LogP contribution in [0.3, 0.4) is 0 Å². The average molecular weight is 1050 g/mol. The van der Waals surface area contributed by atoms with Crippen molar-refractivity contribution in [2.45, 2.75) is 23.7 Å². The Bertz CT molecular complexity index is 3120. The predicted octanol–water partition coefficient (Wildman–Crippen LogP) is 11.3. The van der Waals surface area contributed by atoms with Gasteiger partial charge in [0.05, 0.1) is 28.4 Å². The zero-order valence-corrected chi connectivity index (χ0v) is 43.3. The molecule has 0 radical (unpaired) electrons. The van der Waals surface area contributed by atoms with Crippen molar-refractivity contribution >= 4 is 23.9 Å². The van der Waals surface area contributed by atoms with E-state index in [4.69, 9.17) is 48.1 Å². The molecule has 2 N–H and O–H groups in total. The second kappa shape index (κ2) is 24.4. The fourth-order valence-electron chi connectivity index (χ4n) is 10.3. The molecule has 0 saturated carbocycles. The van der Waals surface area contributed by atoms with E-state index in [1.807, 2.05) is 60.7 Å². The number of benzene rings is 8. The van der Waals surface area contributed by atoms with E-state index in [2.05, 4.69) is 48.5 Å². The highest BCUT2D eigenvalue weighted by atomic mass is 16.5. The molecule has 0 heterocycles. The maximum Gasteiger partial charge on any atom is 0.341 e. The summed E-state index contributed by atoms with van der Waals surface area (Å²) in [5, 5.41) is 17.8. The molecule has 14 heteroatoms. The molecule has 0 bridgehead atoms. The summed E-state index contributed by atoms with van der Waals surface area (Å²) in [6, 6.07) is 56.9. The zero-order valence-electron chi connectivity index (χ0n) is 43.3. The van der Waals surface area contributed by atoms with E-state index in [1.165, 1.54) is 14.2 Å². The molecule has 2 unspecified atom stereocenters. The fraction of sp³-hybridized carbons (Fsp3) is 0.188. The topological polar surface area (TPSA) is 183 Å². The minimum Gasteiger partial charge on any atom is -0.493 e. The van der Waals surface area contributed by atoms with Crippen LogP contribution in [-0.4, -0.2) is 89.0 Å². The minimum absolute atomic E-state index is 0.0824. The molecular weight excluding hydrogens is 993 g/mol. The summed E-state index contributed by atoms with van der Waals surface area (Å²) in [4.78, 5) is 49.5. The summed E-state index contributed by atoms with van der Waals surface area (Å²) in [5.74, 6) is -2.23. The number of carboxylic acid groups (broad SMARTS) is 2. The number of rotatable bonds is 20. The lowest BCUT2D eigenvalue weighted by Crippen LogP contribution is -2.21. The van der Waals surface area contributed by atoms with Crippen molar-refractivity contribution < 1.29 is 67.3 Å². The van der Waals surface area contributed by atoms with Gasteiger partial charge in [-0.3, -0.25) is 9.59 Å². The van der Waals surface area contributed by atoms with Gasteiger partial charge in [-0.15, -0.1) is 0 Å². The van der Waals surface area contributed by atoms with E-state index < -0.39 is 48.9 Å². The normalized spacial score (nSPS) is 12.7. The first-order valence-corrected chi connectivity index (χ1v) is 25.0. The molecule has 2 aliphatic carbocycles. The first-order chi connectivity index (χ1) is 38.0. The molecule has 0 aromatic heterocycles. The number of carbonyl (C=O) groups excluding carboxylic acids is 2. The van der Waals surface area contributed by atoms with Gasteiger partial charge in [0.2, 0.25) is 0 Å². The van der Waals surface area contributed by atoms with Crippen LogP contribution < -0.4 is 28.4 Å². The Balaban J connectivity index is 0.000000190. The van der Waals surface area contributed by atoms with Gasteiger partial charge in [-0.1, -0.05) is 146 Å². The van der Waals surface area contributed by atoms with Crippen LogP contribution in [-0.2, 0) is 28.7 Å². The molecule has 0 spiro atoms. The second-order valence-electron chi connectivity index (χ2n) is 18.2. The van der Waals surface area contributed by atoms with E-state index in [-0.39, 0.29) is 25.0 Å². The van der Waals surface area contributed by atoms with Crippen LogP contribution in [0.25, 0.3) is 22.3 Å². The molecule has 14 nitrogen and oxygen atoms in total. The van der Waals surface area contributed by atoms with Crippen molar-refractivity contribution in [3.05, 3.63) is 226 Å². The minimum atomic E-state index is -1.07. The van der Waals surface area contributed by atoms with E-state index in [0.717, 1.165) is 44.5 Å². The van der Waals surface area contributed by atoms with Crippen molar-refractivity contribution in [1.29, 1.82) is 0 Å². The predicted molar refractivity (Wildman–Crippen MR) is 291 cm³/mol. The van der Waals surface area contributed by atoms with Gasteiger partial charge in [-0.25, -0.2) is 9.59 Å². The van der Waals surface area contributed by atoms with Crippen LogP contribution in [0, 0.1) is 0 Å². The van der Waals surface area contributed by atoms with E-state index >= 15 is 0 Å². The lowest BCUT2D eigenvalue weighted by atomic mass is 9.90. The monoisotopic (exact) mass is 1050 g/mol. The number of carboxylic acids is 2. The molecule has 10 rings (SSSR count). The Morgan fingerprint density at radius 1 is 0.397 bits per heavy atom. The van der Waals surface area contributed by atoms with Crippen LogP contribution in [0.5, 0.6) is 34.5 Å². The Morgan fingerprint density at radius 3 is 1.01 bits per heavy atom. The third kappa shape index (κ3) is 11.3. The van der Waals surface area contributed by atoms with Gasteiger partial charge in [-0.05, 0) is 92.0 Å². The van der Waals surface area contributed by atoms with Crippen molar-refractivity contribution in [2.24, 2.45) is 0 Å². The number of ether oxygens (including phenoxy) is 8. The van der Waals surface area contributed by atoms with Crippen LogP contribution in [0.1, 0.15) is 68.2 Å². The SMILES string of the molecule is COc1cccc(C(C(=O)OCC2c3ccccc3-c3ccccc32)c2ccc(OCC(=O)O)cc2)c1OC.COc1cccc(C(C(=O)OCC2c3ccccc3-c3ccccc32)c2ccc(OCC(=O)O)cc2)c1OC. The summed E-state index contributed by atoms with van der Waals surface area (Å²) in [6.45, 7) is -0.567. The van der Waals surface area contributed by atoms with Crippen molar-refractivity contribution in [1.82, 2.24) is 0 Å². The first-order valence-electron chi connectivity index (χ1n) is 25.0. The van der Waals surface area contributed by atoms with Gasteiger partial charge >= 0.3 is 23.9 Å². The Morgan fingerprint density at radius 2 is 0.718 bits per heavy atom. The molecule has 78 heavy (non-hydrogen) atoms. The van der Waals surface area contributed by atoms with Gasteiger partial charge in [0.15, 0.2) is 36.2 Å². The van der Waals surface area contributed by atoms with Crippen molar-refractivity contribution in [2.75, 3.05) is 54.9 Å². The molecule has 8 aromatic rings. The quantitative estimate of drug-likeness (QED) is 0.0688. The number of hydrogen-bond donors (Lipinski definition) is 2. The highest BCUT2D eigenvalue weighted by Gasteiger charge is 2.35. The number of para-hydroxylation sites is 2. The lowest BCUT2D eigenvalue weighted by molar-refractivity contribution is -0.145. The molecule has 2 atom stereocenters. The molecule has 0 aliphatic heterocycles. The van der Waals surface area contributed by atoms with Crippen molar-refractivity contribution in [3.63, 3.8) is 0 Å². The number of esters is 2. The second-order valence-corrected chi connectivity index (χ2v) is 18.2. The Kier molecular flexibility index (Phi) is 16.7. The molecule has 0 amide bonds. The number of fused-ring (bicyclic) bond motifs is 6. The van der Waals surface area contributed by atoms with Crippen LogP contribution in [0.2, 0.25) is 0 Å². The van der Waals surface area contributed by atoms with Gasteiger partial charge in [-0.2, -0.15) is 0 Å². The fourth-order valence-corrected chi connectivity index (χ4v) is 10.3. The van der Waals surface area contributed by atoms with E-state index in [0.29, 0.717) is 56.8 Å². The van der Waals surface area contributed by atoms with E-state index in [1.54, 1.807) is 87.0 Å². The first kappa shape index (κ1) is 53.3. The number of methoxy groups -OCH3 is 4. The van der Waals surface area contributed by atoms with Crippen LogP contribution >= 0.6 is 0 Å². The molecule has 0 saturated heterocycles. The number of hydrogen-bond acceptors (Lipinski definition) is 12. The highest BCUT2D eigenvalue weighted by molar-refractivity contribution is 5.86. The third-order valence-electron chi connectivity index (χ3n) is 13.8. The maximum absolute atomic E-state index is 13.9. The van der Waals surface area contributed by atoms with Gasteiger partial charge in [0.1, 0.15) is 36.5 Å². The average Bonchev–Trinajstić information content (AvgIpc) is 4.05. The molecule has 0 fully saturated rings. The standard InChI is InChI=1S/2C32H28O7/c2*1-36-28-13-7-12-26(31(28)37-2)30(20-14-16-21(17-15-20)38-19-29(33)34)32(35)39-18-27-24-10-5-3-8-22(24)23-9-4-6-11-25(23)27/h2*3-17,27,30H,18-19H2,1-2H3,(H,33,34). The Labute approximate surface area is 451 Å². The Hall–Kier alpha value is -9.56. The summed E-state index contributed by atoms with van der Waals surface area (Å²) in [6.07, 6.45) is 0. The summed E-state index contributed by atoms with van der Waals surface area (Å²) in [7, 11) is 6.13. The van der Waals surface area contributed by atoms with Crippen LogP contribution in [0.4, 0.5) is 0 Å². The van der Waals surface area contributed by atoms with Gasteiger partial charge < -0.3 is 48.1 Å². The van der Waals surface area contributed by atoms with Gasteiger partial charge in [0.25, 0.3) is 0 Å². The summed E-state index contributed by atoms with van der Waals surface area (Å²) >= 11 is 0. The molecular formula is C64H56O14.